The SMILES string of the molecule is COCCOc1ccc(NC2=CC(=O)N(CCO)C2=O)cc1. The molecule has 7 nitrogen and oxygen atoms in total. The van der Waals surface area contributed by atoms with Crippen LogP contribution in [0.3, 0.4) is 0 Å². The highest BCUT2D eigenvalue weighted by atomic mass is 16.5. The van der Waals surface area contributed by atoms with Gasteiger partial charge < -0.3 is 19.9 Å². The zero-order valence-electron chi connectivity index (χ0n) is 12.2. The van der Waals surface area contributed by atoms with E-state index in [4.69, 9.17) is 14.6 Å². The molecule has 1 aromatic rings. The number of amides is 2. The molecule has 2 amide bonds. The quantitative estimate of drug-likeness (QED) is 0.533. The predicted octanol–water partition coefficient (Wildman–Crippen LogP) is 0.369. The minimum Gasteiger partial charge on any atom is -0.491 e. The number of aliphatic hydroxyl groups excluding tert-OH is 1. The first-order valence-electron chi connectivity index (χ1n) is 6.83. The number of aliphatic hydroxyl groups is 1. The van der Waals surface area contributed by atoms with Gasteiger partial charge in [-0.15, -0.1) is 0 Å². The first-order chi connectivity index (χ1) is 10.7. The van der Waals surface area contributed by atoms with Gasteiger partial charge in [0.05, 0.1) is 19.8 Å². The second-order valence-corrected chi connectivity index (χ2v) is 4.57. The highest BCUT2D eigenvalue weighted by Crippen LogP contribution is 2.20. The minimum atomic E-state index is -0.445. The second-order valence-electron chi connectivity index (χ2n) is 4.57. The van der Waals surface area contributed by atoms with Crippen LogP contribution in [0, 0.1) is 0 Å². The fraction of sp³-hybridized carbons (Fsp3) is 0.333. The first kappa shape index (κ1) is 16.0. The lowest BCUT2D eigenvalue weighted by atomic mass is 10.3. The third-order valence-electron chi connectivity index (χ3n) is 3.02. The van der Waals surface area contributed by atoms with E-state index in [9.17, 15) is 9.59 Å². The van der Waals surface area contributed by atoms with Crippen LogP contribution in [-0.4, -0.2) is 55.3 Å². The lowest BCUT2D eigenvalue weighted by Crippen LogP contribution is -2.34. The van der Waals surface area contributed by atoms with Crippen molar-refractivity contribution >= 4 is 17.5 Å². The Morgan fingerprint density at radius 1 is 1.18 bits per heavy atom. The lowest BCUT2D eigenvalue weighted by Gasteiger charge is -2.13. The standard InChI is InChI=1S/C15H18N2O5/c1-21-8-9-22-12-4-2-11(3-5-12)16-13-10-14(19)17(6-7-18)15(13)20/h2-5,10,16,18H,6-9H2,1H3. The monoisotopic (exact) mass is 306 g/mol. The normalized spacial score (nSPS) is 14.3. The molecule has 0 atom stereocenters. The summed E-state index contributed by atoms with van der Waals surface area (Å²) in [6.45, 7) is 0.694. The van der Waals surface area contributed by atoms with E-state index < -0.39 is 11.8 Å². The van der Waals surface area contributed by atoms with Crippen molar-refractivity contribution in [2.24, 2.45) is 0 Å². The summed E-state index contributed by atoms with van der Waals surface area (Å²) in [6, 6.07) is 7.00. The van der Waals surface area contributed by atoms with Gasteiger partial charge >= 0.3 is 0 Å². The van der Waals surface area contributed by atoms with Gasteiger partial charge in [0.25, 0.3) is 11.8 Å². The number of nitrogens with one attached hydrogen (secondary N) is 1. The number of carbonyl (C=O) groups is 2. The zero-order valence-corrected chi connectivity index (χ0v) is 12.2. The number of nitrogens with zero attached hydrogens (tertiary/aromatic N) is 1. The minimum absolute atomic E-state index is 0.00831. The molecule has 0 radical (unpaired) electrons. The summed E-state index contributed by atoms with van der Waals surface area (Å²) in [5, 5.41) is 11.7. The summed E-state index contributed by atoms with van der Waals surface area (Å²) >= 11 is 0. The van der Waals surface area contributed by atoms with Crippen LogP contribution in [0.2, 0.25) is 0 Å². The molecule has 0 unspecified atom stereocenters. The van der Waals surface area contributed by atoms with Crippen molar-refractivity contribution in [2.75, 3.05) is 38.8 Å². The Morgan fingerprint density at radius 3 is 2.55 bits per heavy atom. The number of methoxy groups -OCH3 is 1. The van der Waals surface area contributed by atoms with E-state index in [1.807, 2.05) is 0 Å². The number of benzene rings is 1. The molecule has 0 spiro atoms. The maximum absolute atomic E-state index is 12.0. The number of carbonyl (C=O) groups excluding carboxylic acids is 2. The summed E-state index contributed by atoms with van der Waals surface area (Å²) in [5.74, 6) is -0.187. The van der Waals surface area contributed by atoms with Crippen LogP contribution in [0.15, 0.2) is 36.0 Å². The van der Waals surface area contributed by atoms with Crippen LogP contribution in [0.5, 0.6) is 5.75 Å². The van der Waals surface area contributed by atoms with Gasteiger partial charge in [-0.3, -0.25) is 14.5 Å². The molecule has 0 aliphatic carbocycles. The van der Waals surface area contributed by atoms with E-state index in [-0.39, 0.29) is 18.8 Å². The second kappa shape index (κ2) is 7.58. The summed E-state index contributed by atoms with van der Waals surface area (Å²) in [7, 11) is 1.60. The molecule has 0 saturated carbocycles. The Labute approximate surface area is 128 Å². The highest BCUT2D eigenvalue weighted by molar-refractivity contribution is 6.17. The Bertz CT molecular complexity index is 568. The van der Waals surface area contributed by atoms with Gasteiger partial charge in [0.15, 0.2) is 0 Å². The van der Waals surface area contributed by atoms with Crippen molar-refractivity contribution in [1.29, 1.82) is 0 Å². The number of β-amino-alcohol motifs (C(OH)–C–C–N with tert-alkyl or cyclic N) is 1. The van der Waals surface area contributed by atoms with Crippen LogP contribution < -0.4 is 10.1 Å². The van der Waals surface area contributed by atoms with Gasteiger partial charge in [0, 0.05) is 18.9 Å². The van der Waals surface area contributed by atoms with Gasteiger partial charge in [-0.1, -0.05) is 0 Å². The number of hydrogen-bond acceptors (Lipinski definition) is 6. The molecule has 2 N–H and O–H groups in total. The van der Waals surface area contributed by atoms with Crippen molar-refractivity contribution in [3.63, 3.8) is 0 Å². The van der Waals surface area contributed by atoms with E-state index in [0.717, 1.165) is 4.90 Å². The van der Waals surface area contributed by atoms with Crippen LogP contribution in [0.25, 0.3) is 0 Å². The first-order valence-corrected chi connectivity index (χ1v) is 6.83. The molecular weight excluding hydrogens is 288 g/mol. The van der Waals surface area contributed by atoms with Crippen LogP contribution in [0.4, 0.5) is 5.69 Å². The number of ether oxygens (including phenoxy) is 2. The zero-order chi connectivity index (χ0) is 15.9. The van der Waals surface area contributed by atoms with Gasteiger partial charge in [0.1, 0.15) is 18.1 Å². The number of anilines is 1. The van der Waals surface area contributed by atoms with E-state index in [1.54, 1.807) is 31.4 Å². The topological polar surface area (TPSA) is 88.1 Å². The van der Waals surface area contributed by atoms with Crippen molar-refractivity contribution in [2.45, 2.75) is 0 Å². The molecule has 0 aromatic heterocycles. The fourth-order valence-corrected chi connectivity index (χ4v) is 1.94. The maximum atomic E-state index is 12.0. The van der Waals surface area contributed by atoms with E-state index in [1.165, 1.54) is 6.08 Å². The molecule has 1 aromatic carbocycles. The van der Waals surface area contributed by atoms with Gasteiger partial charge in [-0.05, 0) is 24.3 Å². The largest absolute Gasteiger partial charge is 0.491 e. The number of imide groups is 1. The molecule has 7 heteroatoms. The number of rotatable bonds is 8. The average Bonchev–Trinajstić information content (AvgIpc) is 2.77. The summed E-state index contributed by atoms with van der Waals surface area (Å²) in [5.41, 5.74) is 0.851. The summed E-state index contributed by atoms with van der Waals surface area (Å²) < 4.78 is 10.3. The van der Waals surface area contributed by atoms with E-state index >= 15 is 0 Å². The van der Waals surface area contributed by atoms with Crippen LogP contribution in [-0.2, 0) is 14.3 Å². The molecule has 22 heavy (non-hydrogen) atoms. The summed E-state index contributed by atoms with van der Waals surface area (Å²) in [4.78, 5) is 24.6. The smallest absolute Gasteiger partial charge is 0.277 e. The summed E-state index contributed by atoms with van der Waals surface area (Å²) in [6.07, 6.45) is 1.22. The number of hydrogen-bond donors (Lipinski definition) is 2. The van der Waals surface area contributed by atoms with Crippen molar-refractivity contribution < 1.29 is 24.2 Å². The van der Waals surface area contributed by atoms with Crippen molar-refractivity contribution in [3.05, 3.63) is 36.0 Å². The van der Waals surface area contributed by atoms with Crippen LogP contribution in [0.1, 0.15) is 0 Å². The molecule has 0 fully saturated rings. The fourth-order valence-electron chi connectivity index (χ4n) is 1.94. The average molecular weight is 306 g/mol. The lowest BCUT2D eigenvalue weighted by molar-refractivity contribution is -0.137. The van der Waals surface area contributed by atoms with Crippen molar-refractivity contribution in [3.8, 4) is 5.75 Å². The molecule has 0 bridgehead atoms. The molecule has 1 aliphatic heterocycles. The Morgan fingerprint density at radius 2 is 1.91 bits per heavy atom. The van der Waals surface area contributed by atoms with Crippen molar-refractivity contribution in [1.82, 2.24) is 4.90 Å². The van der Waals surface area contributed by atoms with E-state index in [0.29, 0.717) is 24.7 Å². The van der Waals surface area contributed by atoms with E-state index in [2.05, 4.69) is 5.32 Å². The Hall–Kier alpha value is -2.38. The molecule has 1 aliphatic rings. The van der Waals surface area contributed by atoms with Gasteiger partial charge in [0.2, 0.25) is 0 Å². The molecule has 1 heterocycles. The van der Waals surface area contributed by atoms with Crippen LogP contribution >= 0.6 is 0 Å². The molecule has 118 valence electrons. The molecular formula is C15H18N2O5. The third-order valence-corrected chi connectivity index (χ3v) is 3.02. The highest BCUT2D eigenvalue weighted by Gasteiger charge is 2.30. The third kappa shape index (κ3) is 3.84. The van der Waals surface area contributed by atoms with Gasteiger partial charge in [-0.2, -0.15) is 0 Å². The molecule has 0 saturated heterocycles. The maximum Gasteiger partial charge on any atom is 0.277 e. The molecule has 2 rings (SSSR count). The van der Waals surface area contributed by atoms with Gasteiger partial charge in [-0.25, -0.2) is 0 Å². The Kier molecular flexibility index (Phi) is 5.51. The predicted molar refractivity (Wildman–Crippen MR) is 79.3 cm³/mol. The Balaban J connectivity index is 1.95.